The maximum Gasteiger partial charge on any atom is 0.408 e. The number of nitrogens with two attached hydrogens (primary N) is 1. The minimum atomic E-state index is -1.25. The molecule has 114 valence electrons. The number of alkyl carbamates (subject to hydrolysis) is 1. The van der Waals surface area contributed by atoms with Crippen molar-refractivity contribution in [3.05, 3.63) is 35.9 Å². The molecule has 0 bridgehead atoms. The van der Waals surface area contributed by atoms with Crippen LogP contribution in [0.1, 0.15) is 18.4 Å². The molecule has 2 amide bonds. The number of nitrogens with one attached hydrogen (secondary N) is 2. The lowest BCUT2D eigenvalue weighted by atomic mass is 10.1. The van der Waals surface area contributed by atoms with E-state index in [4.69, 9.17) is 15.7 Å². The second kappa shape index (κ2) is 8.54. The van der Waals surface area contributed by atoms with Crippen LogP contribution >= 0.6 is 0 Å². The van der Waals surface area contributed by atoms with Crippen LogP contribution in [-0.4, -0.2) is 29.1 Å². The summed E-state index contributed by atoms with van der Waals surface area (Å²) in [4.78, 5) is 33.5. The number of ether oxygens (including phenoxy) is 1. The number of carbonyl (C=O) groups is 3. The third-order valence-corrected chi connectivity index (χ3v) is 2.62. The zero-order valence-corrected chi connectivity index (χ0v) is 11.2. The Morgan fingerprint density at radius 2 is 1.90 bits per heavy atom. The predicted molar refractivity (Wildman–Crippen MR) is 72.8 cm³/mol. The topological polar surface area (TPSA) is 131 Å². The van der Waals surface area contributed by atoms with Gasteiger partial charge in [0.05, 0.1) is 0 Å². The van der Waals surface area contributed by atoms with Gasteiger partial charge in [-0.2, -0.15) is 0 Å². The summed E-state index contributed by atoms with van der Waals surface area (Å²) in [5.41, 5.74) is 2.66. The Balaban J connectivity index is 2.41. The highest BCUT2D eigenvalue weighted by Crippen LogP contribution is 2.02. The summed E-state index contributed by atoms with van der Waals surface area (Å²) in [5.74, 6) is 3.12. The summed E-state index contributed by atoms with van der Waals surface area (Å²) in [7, 11) is 0. The molecule has 1 aromatic rings. The van der Waals surface area contributed by atoms with E-state index < -0.39 is 24.0 Å². The zero-order chi connectivity index (χ0) is 15.7. The third kappa shape index (κ3) is 6.39. The molecule has 1 aromatic carbocycles. The summed E-state index contributed by atoms with van der Waals surface area (Å²) in [6.45, 7) is 0.0301. The monoisotopic (exact) mass is 295 g/mol. The van der Waals surface area contributed by atoms with Gasteiger partial charge in [0.1, 0.15) is 12.6 Å². The lowest BCUT2D eigenvalue weighted by Crippen LogP contribution is -2.42. The molecule has 0 fully saturated rings. The van der Waals surface area contributed by atoms with Crippen molar-refractivity contribution in [2.24, 2.45) is 5.84 Å². The van der Waals surface area contributed by atoms with Crippen molar-refractivity contribution in [1.29, 1.82) is 0 Å². The molecule has 0 saturated heterocycles. The van der Waals surface area contributed by atoms with E-state index in [1.165, 1.54) is 0 Å². The first kappa shape index (κ1) is 16.4. The minimum absolute atomic E-state index is 0.0301. The van der Waals surface area contributed by atoms with Crippen LogP contribution in [0, 0.1) is 0 Å². The van der Waals surface area contributed by atoms with Gasteiger partial charge in [0.25, 0.3) is 0 Å². The first-order chi connectivity index (χ1) is 10.0. The maximum atomic E-state index is 11.5. The standard InChI is InChI=1S/C13H17N3O5/c14-16-11(17)7-6-10(12(18)19)15-13(20)21-8-9-4-2-1-3-5-9/h1-5,10H,6-8,14H2,(H,15,20)(H,16,17)(H,18,19)/t10-/m1/s1. The van der Waals surface area contributed by atoms with E-state index in [9.17, 15) is 14.4 Å². The molecule has 0 unspecified atom stereocenters. The number of hydrogen-bond acceptors (Lipinski definition) is 5. The number of rotatable bonds is 7. The Labute approximate surface area is 121 Å². The second-order valence-corrected chi connectivity index (χ2v) is 4.20. The molecule has 8 heteroatoms. The number of aliphatic carboxylic acids is 1. The predicted octanol–water partition coefficient (Wildman–Crippen LogP) is 0.136. The molecule has 0 radical (unpaired) electrons. The van der Waals surface area contributed by atoms with Gasteiger partial charge in [-0.3, -0.25) is 10.2 Å². The molecular formula is C13H17N3O5. The summed E-state index contributed by atoms with van der Waals surface area (Å²) in [6, 6.07) is 7.74. The van der Waals surface area contributed by atoms with Crippen LogP contribution in [0.15, 0.2) is 30.3 Å². The quantitative estimate of drug-likeness (QED) is 0.321. The first-order valence-electron chi connectivity index (χ1n) is 6.22. The Kier molecular flexibility index (Phi) is 6.69. The molecule has 8 nitrogen and oxygen atoms in total. The highest BCUT2D eigenvalue weighted by atomic mass is 16.5. The van der Waals surface area contributed by atoms with Gasteiger partial charge in [-0.15, -0.1) is 0 Å². The summed E-state index contributed by atoms with van der Waals surface area (Å²) in [5, 5.41) is 11.1. The largest absolute Gasteiger partial charge is 0.480 e. The van der Waals surface area contributed by atoms with E-state index >= 15 is 0 Å². The van der Waals surface area contributed by atoms with Crippen LogP contribution in [0.2, 0.25) is 0 Å². The van der Waals surface area contributed by atoms with E-state index in [2.05, 4.69) is 5.32 Å². The Bertz CT molecular complexity index is 492. The number of carbonyl (C=O) groups excluding carboxylic acids is 2. The molecule has 5 N–H and O–H groups in total. The Morgan fingerprint density at radius 1 is 1.24 bits per heavy atom. The second-order valence-electron chi connectivity index (χ2n) is 4.20. The van der Waals surface area contributed by atoms with Gasteiger partial charge in [0.2, 0.25) is 5.91 Å². The van der Waals surface area contributed by atoms with Crippen molar-refractivity contribution in [1.82, 2.24) is 10.7 Å². The molecule has 0 aliphatic rings. The van der Waals surface area contributed by atoms with Gasteiger partial charge in [-0.1, -0.05) is 30.3 Å². The average Bonchev–Trinajstić information content (AvgIpc) is 2.49. The van der Waals surface area contributed by atoms with Crippen molar-refractivity contribution < 1.29 is 24.2 Å². The van der Waals surface area contributed by atoms with E-state index in [0.717, 1.165) is 5.56 Å². The fraction of sp³-hybridized carbons (Fsp3) is 0.308. The third-order valence-electron chi connectivity index (χ3n) is 2.62. The number of hydrazine groups is 1. The fourth-order valence-electron chi connectivity index (χ4n) is 1.51. The van der Waals surface area contributed by atoms with Crippen LogP contribution < -0.4 is 16.6 Å². The molecule has 0 saturated carbocycles. The van der Waals surface area contributed by atoms with Gasteiger partial charge in [0, 0.05) is 6.42 Å². The molecule has 1 atom stereocenters. The summed E-state index contributed by atoms with van der Waals surface area (Å²) >= 11 is 0. The number of amides is 2. The van der Waals surface area contributed by atoms with E-state index in [1.54, 1.807) is 24.3 Å². The first-order valence-corrected chi connectivity index (χ1v) is 6.22. The van der Waals surface area contributed by atoms with E-state index in [-0.39, 0.29) is 19.4 Å². The van der Waals surface area contributed by atoms with Crippen LogP contribution in [0.25, 0.3) is 0 Å². The van der Waals surface area contributed by atoms with Crippen LogP contribution in [0.4, 0.5) is 4.79 Å². The van der Waals surface area contributed by atoms with E-state index in [1.807, 2.05) is 11.5 Å². The fourth-order valence-corrected chi connectivity index (χ4v) is 1.51. The number of carboxylic acid groups (broad SMARTS) is 1. The summed E-state index contributed by atoms with van der Waals surface area (Å²) in [6.07, 6.45) is -1.06. The van der Waals surface area contributed by atoms with Crippen molar-refractivity contribution in [2.45, 2.75) is 25.5 Å². The highest BCUT2D eigenvalue weighted by Gasteiger charge is 2.21. The molecule has 21 heavy (non-hydrogen) atoms. The van der Waals surface area contributed by atoms with Crippen molar-refractivity contribution >= 4 is 18.0 Å². The van der Waals surface area contributed by atoms with Crippen molar-refractivity contribution in [2.75, 3.05) is 0 Å². The lowest BCUT2D eigenvalue weighted by molar-refractivity contribution is -0.139. The van der Waals surface area contributed by atoms with Gasteiger partial charge >= 0.3 is 12.1 Å². The molecule has 0 heterocycles. The molecule has 0 aromatic heterocycles. The van der Waals surface area contributed by atoms with Crippen molar-refractivity contribution in [3.63, 3.8) is 0 Å². The minimum Gasteiger partial charge on any atom is -0.480 e. The van der Waals surface area contributed by atoms with Gasteiger partial charge in [0.15, 0.2) is 0 Å². The van der Waals surface area contributed by atoms with Gasteiger partial charge in [-0.25, -0.2) is 15.4 Å². The zero-order valence-electron chi connectivity index (χ0n) is 11.2. The average molecular weight is 295 g/mol. The number of hydrogen-bond donors (Lipinski definition) is 4. The number of benzene rings is 1. The molecule has 0 aliphatic carbocycles. The Hall–Kier alpha value is -2.61. The van der Waals surface area contributed by atoms with Gasteiger partial charge in [-0.05, 0) is 12.0 Å². The van der Waals surface area contributed by atoms with Crippen LogP contribution in [0.3, 0.4) is 0 Å². The SMILES string of the molecule is NNC(=O)CC[C@@H](NC(=O)OCc1ccccc1)C(=O)O. The number of carboxylic acids is 1. The normalized spacial score (nSPS) is 11.3. The van der Waals surface area contributed by atoms with Crippen molar-refractivity contribution in [3.8, 4) is 0 Å². The Morgan fingerprint density at radius 3 is 2.48 bits per heavy atom. The summed E-state index contributed by atoms with van der Waals surface area (Å²) < 4.78 is 4.90. The molecule has 0 spiro atoms. The van der Waals surface area contributed by atoms with E-state index in [0.29, 0.717) is 0 Å². The van der Waals surface area contributed by atoms with Crippen LogP contribution in [0.5, 0.6) is 0 Å². The lowest BCUT2D eigenvalue weighted by Gasteiger charge is -2.14. The molecular weight excluding hydrogens is 278 g/mol. The molecule has 1 rings (SSSR count). The smallest absolute Gasteiger partial charge is 0.408 e. The highest BCUT2D eigenvalue weighted by molar-refractivity contribution is 5.81. The van der Waals surface area contributed by atoms with Crippen LogP contribution in [-0.2, 0) is 20.9 Å². The molecule has 0 aliphatic heterocycles. The maximum absolute atomic E-state index is 11.5. The van der Waals surface area contributed by atoms with Gasteiger partial charge < -0.3 is 15.2 Å².